The van der Waals surface area contributed by atoms with Gasteiger partial charge in [-0.05, 0) is 41.3 Å². The van der Waals surface area contributed by atoms with Crippen molar-refractivity contribution in [2.45, 2.75) is 12.2 Å². The van der Waals surface area contributed by atoms with E-state index in [4.69, 9.17) is 28.3 Å². The number of halogens is 2. The second-order valence-corrected chi connectivity index (χ2v) is 12.9. The molecular formula is C30H27Cl2N5O3S2. The summed E-state index contributed by atoms with van der Waals surface area (Å²) in [5.41, 5.74) is 3.09. The molecule has 0 spiro atoms. The van der Waals surface area contributed by atoms with Crippen LogP contribution in [0.25, 0.3) is 16.3 Å². The molecule has 42 heavy (non-hydrogen) atoms. The molecule has 3 amide bonds. The van der Waals surface area contributed by atoms with E-state index in [1.165, 1.54) is 18.7 Å². The molecule has 0 radical (unpaired) electrons. The van der Waals surface area contributed by atoms with Crippen LogP contribution >= 0.6 is 46.3 Å². The summed E-state index contributed by atoms with van der Waals surface area (Å²) >= 11 is 16.2. The van der Waals surface area contributed by atoms with Crippen LogP contribution in [-0.4, -0.2) is 75.8 Å². The number of nitrogens with zero attached hydrogens (tertiary/aromatic N) is 5. The van der Waals surface area contributed by atoms with Crippen LogP contribution in [0.2, 0.25) is 10.0 Å². The molecule has 0 saturated carbocycles. The van der Waals surface area contributed by atoms with Crippen LogP contribution in [0.3, 0.4) is 0 Å². The van der Waals surface area contributed by atoms with Gasteiger partial charge < -0.3 is 9.80 Å². The first-order valence-corrected chi connectivity index (χ1v) is 16.1. The molecule has 6 rings (SSSR count). The van der Waals surface area contributed by atoms with E-state index in [1.807, 2.05) is 60.0 Å². The van der Waals surface area contributed by atoms with Gasteiger partial charge in [-0.3, -0.25) is 19.3 Å². The summed E-state index contributed by atoms with van der Waals surface area (Å²) in [6.45, 7) is 3.13. The fraction of sp³-hybridized carbons (Fsp3) is 0.267. The minimum atomic E-state index is -0.282. The van der Waals surface area contributed by atoms with Crippen molar-refractivity contribution in [1.82, 2.24) is 19.6 Å². The molecular weight excluding hydrogens is 613 g/mol. The first-order chi connectivity index (χ1) is 20.3. The number of amides is 3. The van der Waals surface area contributed by atoms with Gasteiger partial charge in [0.25, 0.3) is 0 Å². The number of carbonyl (C=O) groups is 3. The third-order valence-corrected chi connectivity index (χ3v) is 10.1. The Bertz CT molecular complexity index is 1650. The van der Waals surface area contributed by atoms with Crippen molar-refractivity contribution in [2.24, 2.45) is 0 Å². The van der Waals surface area contributed by atoms with Gasteiger partial charge >= 0.3 is 0 Å². The van der Waals surface area contributed by atoms with Crippen molar-refractivity contribution in [3.05, 3.63) is 87.2 Å². The normalized spacial score (nSPS) is 17.3. The lowest BCUT2D eigenvalue weighted by Crippen LogP contribution is -2.53. The average Bonchev–Trinajstić information content (AvgIpc) is 3.62. The van der Waals surface area contributed by atoms with Crippen molar-refractivity contribution in [3.63, 3.8) is 0 Å². The highest BCUT2D eigenvalue weighted by molar-refractivity contribution is 8.00. The maximum Gasteiger partial charge on any atom is 0.242 e. The van der Waals surface area contributed by atoms with E-state index in [2.05, 4.69) is 0 Å². The number of fused-ring (bicyclic) bond motifs is 1. The number of benzene rings is 2. The number of carbonyl (C=O) groups excluding carboxylic acids is 3. The Labute approximate surface area is 261 Å². The Kier molecular flexibility index (Phi) is 8.31. The molecule has 4 heterocycles. The van der Waals surface area contributed by atoms with E-state index in [9.17, 15) is 14.4 Å². The molecule has 8 nitrogen and oxygen atoms in total. The van der Waals surface area contributed by atoms with Crippen molar-refractivity contribution in [3.8, 4) is 16.3 Å². The maximum absolute atomic E-state index is 13.9. The molecule has 4 aromatic rings. The molecule has 2 aliphatic rings. The molecule has 12 heteroatoms. The number of para-hydroxylation sites is 1. The van der Waals surface area contributed by atoms with E-state index < -0.39 is 0 Å². The standard InChI is InChI=1S/C30H27Cl2N5O3S2/c1-19(38)34-11-13-35(14-12-34)25(39)17-36-26(40)18-42-29(20-6-4-7-21(31)16-20)27-28(24-10-5-15-41-24)33-37(30(27)36)23-9-3-2-8-22(23)32/h2-10,15-16,29H,11-14,17-18H2,1H3/t29-/m0/s1. The summed E-state index contributed by atoms with van der Waals surface area (Å²) < 4.78 is 1.70. The van der Waals surface area contributed by atoms with Gasteiger partial charge in [-0.15, -0.1) is 23.1 Å². The van der Waals surface area contributed by atoms with Crippen molar-refractivity contribution >= 4 is 69.8 Å². The number of hydrogen-bond donors (Lipinski definition) is 0. The Morgan fingerprint density at radius 2 is 1.74 bits per heavy atom. The highest BCUT2D eigenvalue weighted by Gasteiger charge is 2.39. The van der Waals surface area contributed by atoms with Crippen LogP contribution in [-0.2, 0) is 14.4 Å². The molecule has 1 fully saturated rings. The lowest BCUT2D eigenvalue weighted by molar-refractivity contribution is -0.137. The van der Waals surface area contributed by atoms with Crippen LogP contribution in [0.5, 0.6) is 0 Å². The summed E-state index contributed by atoms with van der Waals surface area (Å²) in [5.74, 6) is 0.273. The highest BCUT2D eigenvalue weighted by Crippen LogP contribution is 2.49. The van der Waals surface area contributed by atoms with Crippen molar-refractivity contribution < 1.29 is 14.4 Å². The first kappa shape index (κ1) is 28.8. The Balaban J connectivity index is 1.51. The first-order valence-electron chi connectivity index (χ1n) is 13.4. The van der Waals surface area contributed by atoms with E-state index in [1.54, 1.807) is 36.8 Å². The number of thiophene rings is 1. The molecule has 0 unspecified atom stereocenters. The maximum atomic E-state index is 13.9. The minimum Gasteiger partial charge on any atom is -0.339 e. The summed E-state index contributed by atoms with van der Waals surface area (Å²) in [7, 11) is 0. The molecule has 1 atom stereocenters. The van der Waals surface area contributed by atoms with Gasteiger partial charge in [0.1, 0.15) is 18.1 Å². The van der Waals surface area contributed by atoms with Gasteiger partial charge in [0.15, 0.2) is 0 Å². The zero-order valence-corrected chi connectivity index (χ0v) is 25.8. The molecule has 2 aromatic heterocycles. The zero-order chi connectivity index (χ0) is 29.4. The van der Waals surface area contributed by atoms with Crippen LogP contribution in [0.4, 0.5) is 5.82 Å². The number of anilines is 1. The van der Waals surface area contributed by atoms with Gasteiger partial charge in [-0.2, -0.15) is 5.10 Å². The molecule has 2 aliphatic heterocycles. The second kappa shape index (κ2) is 12.1. The van der Waals surface area contributed by atoms with E-state index in [0.29, 0.717) is 47.7 Å². The molecule has 0 aliphatic carbocycles. The molecule has 216 valence electrons. The smallest absolute Gasteiger partial charge is 0.242 e. The van der Waals surface area contributed by atoms with Gasteiger partial charge in [-0.1, -0.05) is 53.5 Å². The Hall–Kier alpha value is -3.31. The van der Waals surface area contributed by atoms with E-state index in [0.717, 1.165) is 21.7 Å². The van der Waals surface area contributed by atoms with Crippen molar-refractivity contribution in [1.29, 1.82) is 0 Å². The molecule has 0 bridgehead atoms. The van der Waals surface area contributed by atoms with Gasteiger partial charge in [-0.25, -0.2) is 4.68 Å². The van der Waals surface area contributed by atoms with Gasteiger partial charge in [0, 0.05) is 43.7 Å². The predicted molar refractivity (Wildman–Crippen MR) is 169 cm³/mol. The number of hydrogen-bond acceptors (Lipinski definition) is 6. The highest BCUT2D eigenvalue weighted by atomic mass is 35.5. The van der Waals surface area contributed by atoms with Crippen molar-refractivity contribution in [2.75, 3.05) is 43.4 Å². The molecule has 0 N–H and O–H groups in total. The SMILES string of the molecule is CC(=O)N1CCN(C(=O)CN2C(=O)CS[C@@H](c3cccc(Cl)c3)c3c(-c4cccs4)nn(-c4ccccc4Cl)c32)CC1. The quantitative estimate of drug-likeness (QED) is 0.277. The predicted octanol–water partition coefficient (Wildman–Crippen LogP) is 5.77. The monoisotopic (exact) mass is 639 g/mol. The fourth-order valence-electron chi connectivity index (χ4n) is 5.34. The van der Waals surface area contributed by atoms with Crippen LogP contribution in [0.15, 0.2) is 66.0 Å². The van der Waals surface area contributed by atoms with Gasteiger partial charge in [0.2, 0.25) is 17.7 Å². The summed E-state index contributed by atoms with van der Waals surface area (Å²) in [6, 6.07) is 18.9. The largest absolute Gasteiger partial charge is 0.339 e. The lowest BCUT2D eigenvalue weighted by Gasteiger charge is -2.35. The van der Waals surface area contributed by atoms with Crippen LogP contribution in [0, 0.1) is 0 Å². The number of rotatable bonds is 5. The number of piperazine rings is 1. The molecule has 1 saturated heterocycles. The third-order valence-electron chi connectivity index (χ3n) is 7.45. The topological polar surface area (TPSA) is 78.8 Å². The average molecular weight is 641 g/mol. The summed E-state index contributed by atoms with van der Waals surface area (Å²) in [4.78, 5) is 45.4. The number of thioether (sulfide) groups is 1. The minimum absolute atomic E-state index is 0.0109. The van der Waals surface area contributed by atoms with E-state index in [-0.39, 0.29) is 35.3 Å². The lowest BCUT2D eigenvalue weighted by atomic mass is 10.0. The second-order valence-electron chi connectivity index (χ2n) is 10.0. The molecule has 2 aromatic carbocycles. The third kappa shape index (κ3) is 5.56. The number of aromatic nitrogens is 2. The Morgan fingerprint density at radius 1 is 0.976 bits per heavy atom. The summed E-state index contributed by atoms with van der Waals surface area (Å²) in [5, 5.41) is 7.84. The fourth-order valence-corrected chi connectivity index (χ4v) is 7.67. The zero-order valence-electron chi connectivity index (χ0n) is 22.7. The van der Waals surface area contributed by atoms with E-state index >= 15 is 0 Å². The Morgan fingerprint density at radius 3 is 2.43 bits per heavy atom. The van der Waals surface area contributed by atoms with Crippen LogP contribution in [0.1, 0.15) is 23.3 Å². The van der Waals surface area contributed by atoms with Gasteiger partial charge in [0.05, 0.1) is 26.6 Å². The summed E-state index contributed by atoms with van der Waals surface area (Å²) in [6.07, 6.45) is 0. The van der Waals surface area contributed by atoms with Crippen LogP contribution < -0.4 is 4.90 Å².